The van der Waals surface area contributed by atoms with Crippen molar-refractivity contribution >= 4 is 35.6 Å². The van der Waals surface area contributed by atoms with E-state index in [2.05, 4.69) is 0 Å². The van der Waals surface area contributed by atoms with Crippen LogP contribution < -0.4 is 4.74 Å². The smallest absolute Gasteiger partial charge is 0.118 e. The molecule has 0 fully saturated rings. The van der Waals surface area contributed by atoms with E-state index in [1.807, 2.05) is 24.3 Å². The van der Waals surface area contributed by atoms with Crippen LogP contribution in [0.4, 0.5) is 0 Å². The maximum Gasteiger partial charge on any atom is 0.118 e. The van der Waals surface area contributed by atoms with E-state index in [9.17, 15) is 0 Å². The Morgan fingerprint density at radius 1 is 1.25 bits per heavy atom. The average molecular weight is 173 g/mol. The topological polar surface area (TPSA) is 29.5 Å². The minimum atomic E-state index is 0. The molecule has 1 radical (unpaired) electrons. The normalized spacial score (nSPS) is 9.42. The van der Waals surface area contributed by atoms with E-state index in [1.54, 1.807) is 13.2 Å². The van der Waals surface area contributed by atoms with E-state index in [0.29, 0.717) is 0 Å². The number of aliphatic hydroxyl groups is 1. The Morgan fingerprint density at radius 2 is 1.83 bits per heavy atom. The summed E-state index contributed by atoms with van der Waals surface area (Å²) in [7, 11) is 1.62. The van der Waals surface area contributed by atoms with Gasteiger partial charge in [0.05, 0.1) is 13.4 Å². The SMILES string of the molecule is COc1ccc(C=CO)cc1.[Na]. The molecule has 0 saturated heterocycles. The number of aliphatic hydroxyl groups excluding tert-OH is 1. The number of ether oxygens (including phenoxy) is 1. The predicted octanol–water partition coefficient (Wildman–Crippen LogP) is 1.84. The monoisotopic (exact) mass is 173 g/mol. The Hall–Kier alpha value is -0.440. The van der Waals surface area contributed by atoms with Gasteiger partial charge in [-0.3, -0.25) is 0 Å². The first-order valence-electron chi connectivity index (χ1n) is 3.31. The molecule has 0 spiro atoms. The molecule has 0 aliphatic heterocycles. The van der Waals surface area contributed by atoms with E-state index < -0.39 is 0 Å². The van der Waals surface area contributed by atoms with Gasteiger partial charge in [0.1, 0.15) is 5.75 Å². The first-order valence-corrected chi connectivity index (χ1v) is 3.31. The van der Waals surface area contributed by atoms with Crippen molar-refractivity contribution in [1.82, 2.24) is 0 Å². The molecule has 0 amide bonds. The van der Waals surface area contributed by atoms with Gasteiger partial charge in [-0.05, 0) is 23.8 Å². The summed E-state index contributed by atoms with van der Waals surface area (Å²) < 4.78 is 4.96. The van der Waals surface area contributed by atoms with E-state index in [0.717, 1.165) is 17.6 Å². The molecule has 0 atom stereocenters. The van der Waals surface area contributed by atoms with Crippen molar-refractivity contribution in [2.45, 2.75) is 0 Å². The molecule has 3 heteroatoms. The quantitative estimate of drug-likeness (QED) is 0.546. The van der Waals surface area contributed by atoms with Gasteiger partial charge in [0.15, 0.2) is 0 Å². The maximum absolute atomic E-state index is 8.43. The largest absolute Gasteiger partial charge is 0.516 e. The molecule has 1 aromatic rings. The van der Waals surface area contributed by atoms with Crippen LogP contribution in [-0.2, 0) is 0 Å². The number of methoxy groups -OCH3 is 1. The third kappa shape index (κ3) is 3.30. The van der Waals surface area contributed by atoms with Gasteiger partial charge in [0, 0.05) is 29.6 Å². The third-order valence-electron chi connectivity index (χ3n) is 1.38. The molecule has 0 bridgehead atoms. The average Bonchev–Trinajstić information content (AvgIpc) is 2.07. The standard InChI is InChI=1S/C9H10O2.Na/c1-11-9-4-2-8(3-5-9)6-7-10;/h2-7,10H,1H3;. The van der Waals surface area contributed by atoms with Crippen LogP contribution in [0.5, 0.6) is 5.75 Å². The van der Waals surface area contributed by atoms with E-state index >= 15 is 0 Å². The van der Waals surface area contributed by atoms with Crippen molar-refractivity contribution in [3.05, 3.63) is 36.1 Å². The fraction of sp³-hybridized carbons (Fsp3) is 0.111. The summed E-state index contributed by atoms with van der Waals surface area (Å²) in [5.74, 6) is 0.820. The Bertz CT molecular complexity index is 241. The minimum absolute atomic E-state index is 0. The number of rotatable bonds is 2. The molecule has 1 rings (SSSR count). The molecule has 0 aliphatic rings. The molecule has 59 valence electrons. The Labute approximate surface area is 94.2 Å². The summed E-state index contributed by atoms with van der Waals surface area (Å²) in [6.07, 6.45) is 2.63. The van der Waals surface area contributed by atoms with Gasteiger partial charge in [-0.15, -0.1) is 0 Å². The summed E-state index contributed by atoms with van der Waals surface area (Å²) in [4.78, 5) is 0. The van der Waals surface area contributed by atoms with Crippen LogP contribution in [0.3, 0.4) is 0 Å². The second-order valence-corrected chi connectivity index (χ2v) is 2.09. The van der Waals surface area contributed by atoms with E-state index in [-0.39, 0.29) is 29.6 Å². The van der Waals surface area contributed by atoms with Crippen LogP contribution in [0.25, 0.3) is 6.08 Å². The first kappa shape index (κ1) is 11.6. The molecule has 2 nitrogen and oxygen atoms in total. The zero-order valence-corrected chi connectivity index (χ0v) is 9.32. The summed E-state index contributed by atoms with van der Waals surface area (Å²) in [5.41, 5.74) is 0.952. The summed E-state index contributed by atoms with van der Waals surface area (Å²) in [6.45, 7) is 0. The number of hydrogen-bond donors (Lipinski definition) is 1. The Morgan fingerprint density at radius 3 is 2.25 bits per heavy atom. The Kier molecular flexibility index (Phi) is 5.89. The molecule has 0 saturated carbocycles. The minimum Gasteiger partial charge on any atom is -0.516 e. The molecular weight excluding hydrogens is 163 g/mol. The Balaban J connectivity index is 0.00000121. The van der Waals surface area contributed by atoms with E-state index in [1.165, 1.54) is 0 Å². The molecule has 0 aromatic heterocycles. The third-order valence-corrected chi connectivity index (χ3v) is 1.38. The van der Waals surface area contributed by atoms with Crippen LogP contribution >= 0.6 is 0 Å². The van der Waals surface area contributed by atoms with Gasteiger partial charge in [-0.1, -0.05) is 12.1 Å². The zero-order valence-electron chi connectivity index (χ0n) is 7.32. The van der Waals surface area contributed by atoms with Crippen LogP contribution in [-0.4, -0.2) is 41.8 Å². The van der Waals surface area contributed by atoms with Gasteiger partial charge in [-0.25, -0.2) is 0 Å². The second kappa shape index (κ2) is 6.12. The first-order chi connectivity index (χ1) is 5.36. The zero-order chi connectivity index (χ0) is 8.10. The molecule has 0 unspecified atom stereocenters. The molecule has 0 aliphatic carbocycles. The summed E-state index contributed by atoms with van der Waals surface area (Å²) in [6, 6.07) is 7.42. The van der Waals surface area contributed by atoms with Gasteiger partial charge in [0.25, 0.3) is 0 Å². The van der Waals surface area contributed by atoms with Crippen LogP contribution in [0.15, 0.2) is 30.5 Å². The predicted molar refractivity (Wildman–Crippen MR) is 50.4 cm³/mol. The molecule has 1 N–H and O–H groups in total. The second-order valence-electron chi connectivity index (χ2n) is 2.09. The summed E-state index contributed by atoms with van der Waals surface area (Å²) >= 11 is 0. The van der Waals surface area contributed by atoms with Crippen LogP contribution in [0, 0.1) is 0 Å². The fourth-order valence-corrected chi connectivity index (χ4v) is 0.801. The molecule has 12 heavy (non-hydrogen) atoms. The van der Waals surface area contributed by atoms with Crippen molar-refractivity contribution in [3.63, 3.8) is 0 Å². The van der Waals surface area contributed by atoms with E-state index in [4.69, 9.17) is 9.84 Å². The van der Waals surface area contributed by atoms with Gasteiger partial charge >= 0.3 is 0 Å². The number of hydrogen-bond acceptors (Lipinski definition) is 2. The van der Waals surface area contributed by atoms with Crippen molar-refractivity contribution in [3.8, 4) is 5.75 Å². The van der Waals surface area contributed by atoms with Crippen molar-refractivity contribution in [2.75, 3.05) is 7.11 Å². The fourth-order valence-electron chi connectivity index (χ4n) is 0.801. The number of benzene rings is 1. The van der Waals surface area contributed by atoms with Crippen molar-refractivity contribution in [2.24, 2.45) is 0 Å². The van der Waals surface area contributed by atoms with Gasteiger partial charge in [0.2, 0.25) is 0 Å². The van der Waals surface area contributed by atoms with Crippen LogP contribution in [0.2, 0.25) is 0 Å². The van der Waals surface area contributed by atoms with Crippen molar-refractivity contribution < 1.29 is 9.84 Å². The molecule has 1 aromatic carbocycles. The summed E-state index contributed by atoms with van der Waals surface area (Å²) in [5, 5.41) is 8.43. The van der Waals surface area contributed by atoms with Gasteiger partial charge in [-0.2, -0.15) is 0 Å². The molecule has 0 heterocycles. The molecular formula is C9H10NaO2. The van der Waals surface area contributed by atoms with Gasteiger partial charge < -0.3 is 9.84 Å². The van der Waals surface area contributed by atoms with Crippen LogP contribution in [0.1, 0.15) is 5.56 Å². The van der Waals surface area contributed by atoms with Crippen molar-refractivity contribution in [1.29, 1.82) is 0 Å². The maximum atomic E-state index is 8.43.